The number of anilines is 1. The first-order valence-electron chi connectivity index (χ1n) is 8.20. The Morgan fingerprint density at radius 1 is 1.25 bits per heavy atom. The van der Waals surface area contributed by atoms with Crippen LogP contribution in [-0.2, 0) is 0 Å². The van der Waals surface area contributed by atoms with Gasteiger partial charge in [-0.15, -0.1) is 0 Å². The monoisotopic (exact) mass is 275 g/mol. The molecule has 0 aromatic carbocycles. The maximum absolute atomic E-state index is 4.09. The van der Waals surface area contributed by atoms with Crippen LogP contribution in [0.25, 0.3) is 0 Å². The van der Waals surface area contributed by atoms with Crippen molar-refractivity contribution in [2.24, 2.45) is 0 Å². The van der Waals surface area contributed by atoms with E-state index < -0.39 is 0 Å². The molecule has 2 heterocycles. The number of pyridine rings is 1. The SMILES string of the molecule is CCCCCC(C)NC1CCN(c2ccncc2)CC1. The molecule has 1 atom stereocenters. The molecule has 3 nitrogen and oxygen atoms in total. The van der Waals surface area contributed by atoms with E-state index in [2.05, 4.69) is 41.2 Å². The number of hydrogen-bond donors (Lipinski definition) is 1. The van der Waals surface area contributed by atoms with Crippen molar-refractivity contribution in [3.63, 3.8) is 0 Å². The van der Waals surface area contributed by atoms with Gasteiger partial charge in [0.15, 0.2) is 0 Å². The van der Waals surface area contributed by atoms with Crippen LogP contribution in [0.1, 0.15) is 52.4 Å². The number of aromatic nitrogens is 1. The number of nitrogens with one attached hydrogen (secondary N) is 1. The van der Waals surface area contributed by atoms with Crippen LogP contribution < -0.4 is 10.2 Å². The van der Waals surface area contributed by atoms with E-state index in [9.17, 15) is 0 Å². The zero-order valence-corrected chi connectivity index (χ0v) is 13.0. The Hall–Kier alpha value is -1.09. The Labute approximate surface area is 123 Å². The molecule has 0 aliphatic carbocycles. The second-order valence-electron chi connectivity index (χ2n) is 6.03. The zero-order chi connectivity index (χ0) is 14.2. The number of piperidine rings is 1. The molecule has 0 amide bonds. The molecule has 1 aromatic rings. The first-order valence-corrected chi connectivity index (χ1v) is 8.20. The highest BCUT2D eigenvalue weighted by atomic mass is 15.1. The zero-order valence-electron chi connectivity index (χ0n) is 13.0. The van der Waals surface area contributed by atoms with Gasteiger partial charge in [-0.1, -0.05) is 26.2 Å². The van der Waals surface area contributed by atoms with Gasteiger partial charge in [0.2, 0.25) is 0 Å². The van der Waals surface area contributed by atoms with E-state index in [0.717, 1.165) is 13.1 Å². The van der Waals surface area contributed by atoms with Gasteiger partial charge in [-0.05, 0) is 38.3 Å². The maximum Gasteiger partial charge on any atom is 0.0397 e. The van der Waals surface area contributed by atoms with Gasteiger partial charge >= 0.3 is 0 Å². The van der Waals surface area contributed by atoms with Crippen LogP contribution in [-0.4, -0.2) is 30.2 Å². The molecule has 1 unspecified atom stereocenters. The van der Waals surface area contributed by atoms with E-state index in [1.54, 1.807) is 0 Å². The van der Waals surface area contributed by atoms with Crippen LogP contribution in [0, 0.1) is 0 Å². The van der Waals surface area contributed by atoms with Crippen molar-refractivity contribution in [3.05, 3.63) is 24.5 Å². The van der Waals surface area contributed by atoms with E-state index in [1.807, 2.05) is 12.4 Å². The van der Waals surface area contributed by atoms with Crippen molar-refractivity contribution in [2.45, 2.75) is 64.5 Å². The molecule has 2 rings (SSSR count). The largest absolute Gasteiger partial charge is 0.371 e. The van der Waals surface area contributed by atoms with Crippen molar-refractivity contribution in [2.75, 3.05) is 18.0 Å². The molecule has 0 spiro atoms. The van der Waals surface area contributed by atoms with Crippen molar-refractivity contribution in [1.82, 2.24) is 10.3 Å². The molecule has 1 N–H and O–H groups in total. The standard InChI is InChI=1S/C17H29N3/c1-3-4-5-6-15(2)19-16-9-13-20(14-10-16)17-7-11-18-12-8-17/h7-8,11-12,15-16,19H,3-6,9-10,13-14H2,1-2H3. The van der Waals surface area contributed by atoms with Crippen LogP contribution in [0.4, 0.5) is 5.69 Å². The summed E-state index contributed by atoms with van der Waals surface area (Å²) < 4.78 is 0. The fraction of sp³-hybridized carbons (Fsp3) is 0.706. The molecule has 0 bridgehead atoms. The van der Waals surface area contributed by atoms with Gasteiger partial charge in [-0.2, -0.15) is 0 Å². The number of nitrogens with zero attached hydrogens (tertiary/aromatic N) is 2. The van der Waals surface area contributed by atoms with Gasteiger partial charge in [-0.25, -0.2) is 0 Å². The molecule has 1 aromatic heterocycles. The van der Waals surface area contributed by atoms with Gasteiger partial charge < -0.3 is 10.2 Å². The Kier molecular flexibility index (Phi) is 6.31. The van der Waals surface area contributed by atoms with Crippen molar-refractivity contribution >= 4 is 5.69 Å². The van der Waals surface area contributed by atoms with E-state index in [-0.39, 0.29) is 0 Å². The van der Waals surface area contributed by atoms with Crippen LogP contribution in [0.2, 0.25) is 0 Å². The number of hydrogen-bond acceptors (Lipinski definition) is 3. The molecular weight excluding hydrogens is 246 g/mol. The van der Waals surface area contributed by atoms with Gasteiger partial charge in [0.1, 0.15) is 0 Å². The molecule has 0 radical (unpaired) electrons. The minimum atomic E-state index is 0.666. The third kappa shape index (κ3) is 4.78. The first kappa shape index (κ1) is 15.3. The summed E-state index contributed by atoms with van der Waals surface area (Å²) in [6.07, 6.45) is 11.6. The number of rotatable bonds is 7. The summed E-state index contributed by atoms with van der Waals surface area (Å²) in [5.74, 6) is 0. The van der Waals surface area contributed by atoms with Crippen molar-refractivity contribution < 1.29 is 0 Å². The average Bonchev–Trinajstić information content (AvgIpc) is 2.49. The lowest BCUT2D eigenvalue weighted by molar-refractivity contribution is 0.361. The Bertz CT molecular complexity index is 358. The normalized spacial score (nSPS) is 18.2. The summed E-state index contributed by atoms with van der Waals surface area (Å²) in [6.45, 7) is 6.92. The lowest BCUT2D eigenvalue weighted by Gasteiger charge is -2.35. The molecular formula is C17H29N3. The van der Waals surface area contributed by atoms with Gasteiger partial charge in [-0.3, -0.25) is 4.98 Å². The van der Waals surface area contributed by atoms with E-state index >= 15 is 0 Å². The molecule has 112 valence electrons. The maximum atomic E-state index is 4.09. The third-order valence-corrected chi connectivity index (χ3v) is 4.28. The van der Waals surface area contributed by atoms with Crippen LogP contribution >= 0.6 is 0 Å². The summed E-state index contributed by atoms with van der Waals surface area (Å²) in [5.41, 5.74) is 1.31. The molecule has 1 aliphatic heterocycles. The van der Waals surface area contributed by atoms with Crippen LogP contribution in [0.15, 0.2) is 24.5 Å². The highest BCUT2D eigenvalue weighted by Gasteiger charge is 2.20. The third-order valence-electron chi connectivity index (χ3n) is 4.28. The number of unbranched alkanes of at least 4 members (excludes halogenated alkanes) is 2. The molecule has 3 heteroatoms. The Morgan fingerprint density at radius 3 is 2.60 bits per heavy atom. The summed E-state index contributed by atoms with van der Waals surface area (Å²) >= 11 is 0. The van der Waals surface area contributed by atoms with Gasteiger partial charge in [0.25, 0.3) is 0 Å². The Morgan fingerprint density at radius 2 is 1.95 bits per heavy atom. The van der Waals surface area contributed by atoms with Gasteiger partial charge in [0.05, 0.1) is 0 Å². The first-order chi connectivity index (χ1) is 9.79. The minimum absolute atomic E-state index is 0.666. The summed E-state index contributed by atoms with van der Waals surface area (Å²) in [5, 5.41) is 3.81. The lowest BCUT2D eigenvalue weighted by atomic mass is 10.0. The highest BCUT2D eigenvalue weighted by Crippen LogP contribution is 2.19. The fourth-order valence-electron chi connectivity index (χ4n) is 3.05. The molecule has 20 heavy (non-hydrogen) atoms. The lowest BCUT2D eigenvalue weighted by Crippen LogP contribution is -2.45. The summed E-state index contributed by atoms with van der Waals surface area (Å²) in [4.78, 5) is 6.56. The summed E-state index contributed by atoms with van der Waals surface area (Å²) in [6, 6.07) is 5.59. The quantitative estimate of drug-likeness (QED) is 0.771. The molecule has 1 saturated heterocycles. The average molecular weight is 275 g/mol. The smallest absolute Gasteiger partial charge is 0.0397 e. The fourth-order valence-corrected chi connectivity index (χ4v) is 3.05. The van der Waals surface area contributed by atoms with Gasteiger partial charge in [0, 0.05) is 43.3 Å². The second kappa shape index (κ2) is 8.25. The topological polar surface area (TPSA) is 28.2 Å². The van der Waals surface area contributed by atoms with E-state index in [4.69, 9.17) is 0 Å². The van der Waals surface area contributed by atoms with Crippen molar-refractivity contribution in [3.8, 4) is 0 Å². The van der Waals surface area contributed by atoms with Crippen molar-refractivity contribution in [1.29, 1.82) is 0 Å². The van der Waals surface area contributed by atoms with Crippen LogP contribution in [0.5, 0.6) is 0 Å². The minimum Gasteiger partial charge on any atom is -0.371 e. The second-order valence-corrected chi connectivity index (χ2v) is 6.03. The van der Waals surface area contributed by atoms with E-state index in [1.165, 1.54) is 44.2 Å². The summed E-state index contributed by atoms with van der Waals surface area (Å²) in [7, 11) is 0. The van der Waals surface area contributed by atoms with E-state index in [0.29, 0.717) is 12.1 Å². The molecule has 1 fully saturated rings. The Balaban J connectivity index is 1.69. The molecule has 1 aliphatic rings. The highest BCUT2D eigenvalue weighted by molar-refractivity contribution is 5.44. The predicted molar refractivity (Wildman–Crippen MR) is 86.2 cm³/mol. The molecule has 0 saturated carbocycles. The van der Waals surface area contributed by atoms with Crippen LogP contribution in [0.3, 0.4) is 0 Å². The predicted octanol–water partition coefficient (Wildman–Crippen LogP) is 3.61.